The molecule has 1 amide bonds. The van der Waals surface area contributed by atoms with Crippen molar-refractivity contribution >= 4 is 27.4 Å². The van der Waals surface area contributed by atoms with Crippen molar-refractivity contribution < 1.29 is 22.7 Å². The maximum Gasteiger partial charge on any atom is 0.265 e. The third-order valence-corrected chi connectivity index (χ3v) is 7.27. The highest BCUT2D eigenvalue weighted by Crippen LogP contribution is 2.37. The van der Waals surface area contributed by atoms with Crippen molar-refractivity contribution in [3.63, 3.8) is 0 Å². The Morgan fingerprint density at radius 3 is 2.15 bits per heavy atom. The van der Waals surface area contributed by atoms with Gasteiger partial charge in [-0.25, -0.2) is 8.42 Å². The molecule has 3 aromatic rings. The zero-order chi connectivity index (χ0) is 23.6. The molecule has 168 valence electrons. The standard InChI is InChI=1S/C25H22N2O5S/c1-3-27-23(24(28)17-9-5-4-6-10-17)22(20-11-7-8-12-21(20)33(27,30)31)26-25(29)18-13-15-19(32-2)16-14-18/h4-16H,3H2,1-2H3,(H,26,29). The quantitative estimate of drug-likeness (QED) is 0.564. The second kappa shape index (κ2) is 8.91. The van der Waals surface area contributed by atoms with E-state index in [4.69, 9.17) is 4.74 Å². The minimum atomic E-state index is -3.99. The first-order chi connectivity index (χ1) is 15.9. The second-order valence-electron chi connectivity index (χ2n) is 7.27. The van der Waals surface area contributed by atoms with Crippen LogP contribution < -0.4 is 10.1 Å². The van der Waals surface area contributed by atoms with E-state index in [1.165, 1.54) is 13.2 Å². The Morgan fingerprint density at radius 2 is 1.52 bits per heavy atom. The summed E-state index contributed by atoms with van der Waals surface area (Å²) in [5, 5.41) is 2.80. The van der Waals surface area contributed by atoms with Gasteiger partial charge in [-0.2, -0.15) is 0 Å². The Morgan fingerprint density at radius 1 is 0.879 bits per heavy atom. The molecular weight excluding hydrogens is 440 g/mol. The Labute approximate surface area is 192 Å². The number of nitrogens with zero attached hydrogens (tertiary/aromatic N) is 1. The van der Waals surface area contributed by atoms with Crippen LogP contribution >= 0.6 is 0 Å². The van der Waals surface area contributed by atoms with E-state index in [-0.39, 0.29) is 28.4 Å². The van der Waals surface area contributed by atoms with Gasteiger partial charge in [0.25, 0.3) is 15.9 Å². The number of ketones is 1. The monoisotopic (exact) mass is 462 g/mol. The number of fused-ring (bicyclic) bond motifs is 1. The number of hydrogen-bond acceptors (Lipinski definition) is 5. The molecule has 0 bridgehead atoms. The minimum absolute atomic E-state index is 0.0203. The van der Waals surface area contributed by atoms with Crippen LogP contribution in [0, 0.1) is 0 Å². The summed E-state index contributed by atoms with van der Waals surface area (Å²) in [6.07, 6.45) is 0. The average Bonchev–Trinajstić information content (AvgIpc) is 2.85. The van der Waals surface area contributed by atoms with E-state index >= 15 is 0 Å². The van der Waals surface area contributed by atoms with Gasteiger partial charge in [-0.15, -0.1) is 0 Å². The second-order valence-corrected chi connectivity index (χ2v) is 9.10. The van der Waals surface area contributed by atoms with Gasteiger partial charge in [0, 0.05) is 23.2 Å². The molecule has 0 fully saturated rings. The zero-order valence-corrected chi connectivity index (χ0v) is 18.9. The molecule has 1 N–H and O–H groups in total. The Balaban J connectivity index is 1.91. The van der Waals surface area contributed by atoms with E-state index in [1.54, 1.807) is 79.7 Å². The molecule has 1 heterocycles. The Hall–Kier alpha value is -3.91. The van der Waals surface area contributed by atoms with Gasteiger partial charge in [-0.1, -0.05) is 48.5 Å². The van der Waals surface area contributed by atoms with E-state index in [1.807, 2.05) is 0 Å². The highest BCUT2D eigenvalue weighted by atomic mass is 32.2. The average molecular weight is 463 g/mol. The summed E-state index contributed by atoms with van der Waals surface area (Å²) in [5.41, 5.74) is 0.977. The van der Waals surface area contributed by atoms with Crippen molar-refractivity contribution in [3.05, 3.63) is 101 Å². The highest BCUT2D eigenvalue weighted by Gasteiger charge is 2.39. The largest absolute Gasteiger partial charge is 0.497 e. The third kappa shape index (κ3) is 4.01. The molecule has 4 rings (SSSR count). The molecule has 0 radical (unpaired) electrons. The minimum Gasteiger partial charge on any atom is -0.497 e. The van der Waals surface area contributed by atoms with Gasteiger partial charge in [0.05, 0.1) is 17.7 Å². The van der Waals surface area contributed by atoms with Gasteiger partial charge in [0.1, 0.15) is 11.4 Å². The van der Waals surface area contributed by atoms with Crippen LogP contribution in [0.3, 0.4) is 0 Å². The number of carbonyl (C=O) groups is 2. The summed E-state index contributed by atoms with van der Waals surface area (Å²) < 4.78 is 32.9. The summed E-state index contributed by atoms with van der Waals surface area (Å²) in [7, 11) is -2.46. The summed E-state index contributed by atoms with van der Waals surface area (Å²) >= 11 is 0. The van der Waals surface area contributed by atoms with Crippen molar-refractivity contribution in [2.24, 2.45) is 0 Å². The lowest BCUT2D eigenvalue weighted by Crippen LogP contribution is -2.41. The van der Waals surface area contributed by atoms with Crippen LogP contribution in [0.1, 0.15) is 33.2 Å². The maximum absolute atomic E-state index is 13.5. The topological polar surface area (TPSA) is 92.8 Å². The van der Waals surface area contributed by atoms with E-state index in [0.29, 0.717) is 16.9 Å². The number of benzene rings is 3. The van der Waals surface area contributed by atoms with Crippen LogP contribution in [0.2, 0.25) is 0 Å². The molecule has 0 spiro atoms. The first-order valence-corrected chi connectivity index (χ1v) is 11.7. The lowest BCUT2D eigenvalue weighted by Gasteiger charge is -2.33. The van der Waals surface area contributed by atoms with Crippen LogP contribution in [0.25, 0.3) is 5.70 Å². The van der Waals surface area contributed by atoms with Gasteiger partial charge in [0.2, 0.25) is 5.78 Å². The number of carbonyl (C=O) groups excluding carboxylic acids is 2. The van der Waals surface area contributed by atoms with Crippen LogP contribution in [-0.2, 0) is 10.0 Å². The van der Waals surface area contributed by atoms with Gasteiger partial charge >= 0.3 is 0 Å². The van der Waals surface area contributed by atoms with Gasteiger partial charge in [-0.3, -0.25) is 13.9 Å². The maximum atomic E-state index is 13.5. The summed E-state index contributed by atoms with van der Waals surface area (Å²) in [6.45, 7) is 1.67. The van der Waals surface area contributed by atoms with Crippen LogP contribution in [0.4, 0.5) is 0 Å². The lowest BCUT2D eigenvalue weighted by atomic mass is 10.0. The molecule has 0 saturated carbocycles. The fourth-order valence-corrected chi connectivity index (χ4v) is 5.42. The number of methoxy groups -OCH3 is 1. The predicted molar refractivity (Wildman–Crippen MR) is 124 cm³/mol. The van der Waals surface area contributed by atoms with Crippen LogP contribution in [0.15, 0.2) is 89.5 Å². The molecular formula is C25H22N2O5S. The van der Waals surface area contributed by atoms with Crippen molar-refractivity contribution in [2.75, 3.05) is 13.7 Å². The first-order valence-electron chi connectivity index (χ1n) is 10.3. The molecule has 0 aliphatic carbocycles. The summed E-state index contributed by atoms with van der Waals surface area (Å²) in [6, 6.07) is 21.2. The van der Waals surface area contributed by atoms with Crippen LogP contribution in [0.5, 0.6) is 5.75 Å². The molecule has 0 unspecified atom stereocenters. The van der Waals surface area contributed by atoms with Crippen molar-refractivity contribution in [3.8, 4) is 5.75 Å². The van der Waals surface area contributed by atoms with Crippen molar-refractivity contribution in [1.29, 1.82) is 0 Å². The number of amides is 1. The molecule has 33 heavy (non-hydrogen) atoms. The zero-order valence-electron chi connectivity index (χ0n) is 18.1. The number of allylic oxidation sites excluding steroid dienone is 1. The summed E-state index contributed by atoms with van der Waals surface area (Å²) in [5.74, 6) is -0.381. The van der Waals surface area contributed by atoms with Crippen molar-refractivity contribution in [2.45, 2.75) is 11.8 Å². The molecule has 1 aliphatic heterocycles. The van der Waals surface area contributed by atoms with Gasteiger partial charge < -0.3 is 10.1 Å². The molecule has 7 nitrogen and oxygen atoms in total. The molecule has 1 aliphatic rings. The number of ether oxygens (including phenoxy) is 1. The molecule has 3 aromatic carbocycles. The van der Waals surface area contributed by atoms with E-state index in [0.717, 1.165) is 4.31 Å². The SMILES string of the molecule is CCN1C(C(=O)c2ccccc2)=C(NC(=O)c2ccc(OC)cc2)c2ccccc2S1(=O)=O. The number of Topliss-reactive ketones (excluding diaryl/α,β-unsaturated/α-hetero) is 1. The normalized spacial score (nSPS) is 14.4. The fraction of sp³-hybridized carbons (Fsp3) is 0.120. The highest BCUT2D eigenvalue weighted by molar-refractivity contribution is 7.89. The Bertz CT molecular complexity index is 1350. The number of nitrogens with one attached hydrogen (secondary N) is 1. The number of hydrogen-bond donors (Lipinski definition) is 1. The molecule has 0 atom stereocenters. The van der Waals surface area contributed by atoms with E-state index in [9.17, 15) is 18.0 Å². The van der Waals surface area contributed by atoms with Crippen LogP contribution in [-0.4, -0.2) is 38.1 Å². The van der Waals surface area contributed by atoms with Crippen molar-refractivity contribution in [1.82, 2.24) is 9.62 Å². The number of rotatable bonds is 6. The molecule has 0 saturated heterocycles. The number of sulfonamides is 1. The molecule has 8 heteroatoms. The fourth-order valence-electron chi connectivity index (χ4n) is 3.73. The number of likely N-dealkylation sites (N-methyl/N-ethyl adjacent to an activating group) is 1. The summed E-state index contributed by atoms with van der Waals surface area (Å²) in [4.78, 5) is 26.7. The Kier molecular flexibility index (Phi) is 6.02. The van der Waals surface area contributed by atoms with Gasteiger partial charge in [0.15, 0.2) is 0 Å². The smallest absolute Gasteiger partial charge is 0.265 e. The first kappa shape index (κ1) is 22.3. The predicted octanol–water partition coefficient (Wildman–Crippen LogP) is 3.70. The molecule has 0 aromatic heterocycles. The van der Waals surface area contributed by atoms with E-state index < -0.39 is 21.7 Å². The van der Waals surface area contributed by atoms with Gasteiger partial charge in [-0.05, 0) is 37.3 Å². The van der Waals surface area contributed by atoms with E-state index in [2.05, 4.69) is 5.32 Å². The third-order valence-electron chi connectivity index (χ3n) is 5.34. The lowest BCUT2D eigenvalue weighted by molar-refractivity contribution is 0.0972.